The number of fused-ring (bicyclic) bond motifs is 1. The molecule has 0 amide bonds. The van der Waals surface area contributed by atoms with Crippen molar-refractivity contribution in [2.75, 3.05) is 0 Å². The van der Waals surface area contributed by atoms with Crippen molar-refractivity contribution in [2.24, 2.45) is 0 Å². The smallest absolute Gasteiger partial charge is 0.258 e. The lowest BCUT2D eigenvalue weighted by Gasteiger charge is -1.97. The molecule has 0 atom stereocenters. The van der Waals surface area contributed by atoms with Gasteiger partial charge in [-0.1, -0.05) is 4.49 Å². The Bertz CT molecular complexity index is 527. The minimum Gasteiger partial charge on any atom is -0.258 e. The van der Waals surface area contributed by atoms with Gasteiger partial charge in [0.1, 0.15) is 9.99 Å². The molecule has 1 aromatic carbocycles. The summed E-state index contributed by atoms with van der Waals surface area (Å²) < 4.78 is 5.53. The fraction of sp³-hybridized carbons (Fsp3) is 0. The Labute approximate surface area is 98.7 Å². The monoisotopic (exact) mass is 337 g/mol. The molecule has 5 nitrogen and oxygen atoms in total. The van der Waals surface area contributed by atoms with Crippen molar-refractivity contribution in [3.05, 3.63) is 25.1 Å². The van der Waals surface area contributed by atoms with Crippen LogP contribution in [0, 0.1) is 10.1 Å². The van der Waals surface area contributed by atoms with Gasteiger partial charge in [-0.2, -0.15) is 0 Å². The zero-order chi connectivity index (χ0) is 10.3. The lowest BCUT2D eigenvalue weighted by Crippen LogP contribution is -1.90. The average molecular weight is 339 g/mol. The standard InChI is InChI=1S/C6HBr2N3O2S/c7-2-1-3(11(12)13)4(8)5-6(2)14-10-9-5/h1H. The molecule has 8 heteroatoms. The summed E-state index contributed by atoms with van der Waals surface area (Å²) >= 11 is 7.56. The quantitative estimate of drug-likeness (QED) is 0.591. The van der Waals surface area contributed by atoms with Crippen LogP contribution < -0.4 is 0 Å². The second kappa shape index (κ2) is 3.52. The number of rotatable bonds is 1. The summed E-state index contributed by atoms with van der Waals surface area (Å²) in [5.41, 5.74) is 0.494. The van der Waals surface area contributed by atoms with Crippen LogP contribution in [-0.2, 0) is 0 Å². The molecule has 0 unspecified atom stereocenters. The average Bonchev–Trinajstić information content (AvgIpc) is 2.59. The Balaban J connectivity index is 2.88. The molecule has 0 N–H and O–H groups in total. The number of nitro groups is 1. The lowest BCUT2D eigenvalue weighted by molar-refractivity contribution is -0.385. The molecule has 2 rings (SSSR count). The molecule has 0 aliphatic rings. The van der Waals surface area contributed by atoms with Gasteiger partial charge < -0.3 is 0 Å². The van der Waals surface area contributed by atoms with Gasteiger partial charge in [-0.05, 0) is 43.4 Å². The van der Waals surface area contributed by atoms with E-state index in [2.05, 4.69) is 41.4 Å². The maximum atomic E-state index is 10.6. The highest BCUT2D eigenvalue weighted by atomic mass is 79.9. The maximum Gasteiger partial charge on any atom is 0.287 e. The minimum absolute atomic E-state index is 0.0166. The van der Waals surface area contributed by atoms with Gasteiger partial charge in [0.15, 0.2) is 0 Å². The van der Waals surface area contributed by atoms with Gasteiger partial charge in [0.2, 0.25) is 0 Å². The van der Waals surface area contributed by atoms with Crippen LogP contribution >= 0.6 is 43.4 Å². The Kier molecular flexibility index (Phi) is 2.50. The molecule has 0 bridgehead atoms. The first kappa shape index (κ1) is 9.94. The van der Waals surface area contributed by atoms with Gasteiger partial charge in [0.25, 0.3) is 5.69 Å². The van der Waals surface area contributed by atoms with E-state index >= 15 is 0 Å². The van der Waals surface area contributed by atoms with Crippen LogP contribution in [0.15, 0.2) is 15.0 Å². The van der Waals surface area contributed by atoms with Gasteiger partial charge in [0, 0.05) is 10.5 Å². The fourth-order valence-electron chi connectivity index (χ4n) is 0.994. The number of benzene rings is 1. The number of aromatic nitrogens is 2. The molecule has 0 saturated heterocycles. The predicted octanol–water partition coefficient (Wildman–Crippen LogP) is 3.12. The van der Waals surface area contributed by atoms with Gasteiger partial charge in [0.05, 0.1) is 9.62 Å². The van der Waals surface area contributed by atoms with Gasteiger partial charge >= 0.3 is 0 Å². The van der Waals surface area contributed by atoms with Crippen LogP contribution in [0.3, 0.4) is 0 Å². The van der Waals surface area contributed by atoms with Crippen molar-refractivity contribution in [3.8, 4) is 0 Å². The third-order valence-electron chi connectivity index (χ3n) is 1.60. The van der Waals surface area contributed by atoms with Crippen LogP contribution in [0.4, 0.5) is 5.69 Å². The predicted molar refractivity (Wildman–Crippen MR) is 59.5 cm³/mol. The van der Waals surface area contributed by atoms with Crippen molar-refractivity contribution in [2.45, 2.75) is 0 Å². The lowest BCUT2D eigenvalue weighted by atomic mass is 10.3. The molecule has 72 valence electrons. The largest absolute Gasteiger partial charge is 0.287 e. The zero-order valence-corrected chi connectivity index (χ0v) is 10.4. The molecule has 1 aromatic heterocycles. The molecule has 0 fully saturated rings. The first-order chi connectivity index (χ1) is 6.61. The first-order valence-corrected chi connectivity index (χ1v) is 5.71. The topological polar surface area (TPSA) is 68.9 Å². The molecule has 0 saturated carbocycles. The summed E-state index contributed by atoms with van der Waals surface area (Å²) in [4.78, 5) is 10.2. The summed E-state index contributed by atoms with van der Waals surface area (Å²) in [5.74, 6) is 0. The summed E-state index contributed by atoms with van der Waals surface area (Å²) in [5, 5.41) is 14.5. The molecule has 0 aliphatic heterocycles. The van der Waals surface area contributed by atoms with E-state index in [4.69, 9.17) is 0 Å². The van der Waals surface area contributed by atoms with Crippen LogP contribution in [-0.4, -0.2) is 14.5 Å². The minimum atomic E-state index is -0.465. The van der Waals surface area contributed by atoms with Crippen molar-refractivity contribution >= 4 is 59.3 Å². The number of nitro benzene ring substituents is 1. The Morgan fingerprint density at radius 2 is 2.21 bits per heavy atom. The molecular formula is C6HBr2N3O2S. The Morgan fingerprint density at radius 1 is 1.50 bits per heavy atom. The third-order valence-corrected chi connectivity index (χ3v) is 4.03. The van der Waals surface area contributed by atoms with Crippen LogP contribution in [0.5, 0.6) is 0 Å². The number of hydrogen-bond donors (Lipinski definition) is 0. The second-order valence-corrected chi connectivity index (χ2v) is 4.80. The first-order valence-electron chi connectivity index (χ1n) is 3.35. The molecule has 1 heterocycles. The van der Waals surface area contributed by atoms with Crippen LogP contribution in [0.2, 0.25) is 0 Å². The van der Waals surface area contributed by atoms with E-state index in [0.717, 1.165) is 4.70 Å². The van der Waals surface area contributed by atoms with Gasteiger partial charge in [-0.25, -0.2) is 0 Å². The van der Waals surface area contributed by atoms with Crippen molar-refractivity contribution < 1.29 is 4.92 Å². The fourth-order valence-corrected chi connectivity index (χ4v) is 2.86. The van der Waals surface area contributed by atoms with Crippen molar-refractivity contribution in [1.29, 1.82) is 0 Å². The Morgan fingerprint density at radius 3 is 2.86 bits per heavy atom. The van der Waals surface area contributed by atoms with Gasteiger partial charge in [-0.3, -0.25) is 10.1 Å². The number of halogens is 2. The van der Waals surface area contributed by atoms with E-state index in [1.807, 2.05) is 0 Å². The summed E-state index contributed by atoms with van der Waals surface area (Å²) in [7, 11) is 0. The normalized spacial score (nSPS) is 10.7. The highest BCUT2D eigenvalue weighted by molar-refractivity contribution is 9.11. The highest BCUT2D eigenvalue weighted by Crippen LogP contribution is 2.37. The molecule has 0 spiro atoms. The van der Waals surface area contributed by atoms with E-state index < -0.39 is 4.92 Å². The second-order valence-electron chi connectivity index (χ2n) is 2.40. The maximum absolute atomic E-state index is 10.6. The van der Waals surface area contributed by atoms with Gasteiger partial charge in [-0.15, -0.1) is 5.10 Å². The SMILES string of the molecule is O=[N+]([O-])c1cc(Br)c2snnc2c1Br. The van der Waals surface area contributed by atoms with E-state index in [1.165, 1.54) is 17.6 Å². The van der Waals surface area contributed by atoms with Crippen LogP contribution in [0.1, 0.15) is 0 Å². The molecular weight excluding hydrogens is 338 g/mol. The van der Waals surface area contributed by atoms with Crippen LogP contribution in [0.25, 0.3) is 10.2 Å². The molecule has 14 heavy (non-hydrogen) atoms. The van der Waals surface area contributed by atoms with E-state index in [9.17, 15) is 10.1 Å². The zero-order valence-electron chi connectivity index (χ0n) is 6.40. The van der Waals surface area contributed by atoms with Crippen molar-refractivity contribution in [1.82, 2.24) is 9.59 Å². The summed E-state index contributed by atoms with van der Waals surface area (Å²) in [6.07, 6.45) is 0. The molecule has 2 aromatic rings. The summed E-state index contributed by atoms with van der Waals surface area (Å²) in [6.45, 7) is 0. The molecule has 0 radical (unpaired) electrons. The van der Waals surface area contributed by atoms with Crippen molar-refractivity contribution in [3.63, 3.8) is 0 Å². The van der Waals surface area contributed by atoms with E-state index in [1.54, 1.807) is 0 Å². The third kappa shape index (κ3) is 1.43. The van der Waals surface area contributed by atoms with E-state index in [0.29, 0.717) is 14.5 Å². The van der Waals surface area contributed by atoms with E-state index in [-0.39, 0.29) is 5.69 Å². The molecule has 0 aliphatic carbocycles. The Hall–Kier alpha value is -0.600. The highest BCUT2D eigenvalue weighted by Gasteiger charge is 2.19. The number of hydrogen-bond acceptors (Lipinski definition) is 5. The number of nitrogens with zero attached hydrogens (tertiary/aromatic N) is 3. The summed E-state index contributed by atoms with van der Waals surface area (Å²) in [6, 6.07) is 1.44.